The standard InChI is InChI=1S/C19H29N3O2.ClH/c1-14(21-18(23)6-4-2-3-5-13-20)15-9-11-17(12-10-15)22-19(24)16-7-8-16;/h9-12,14,16H,2-8,13,20H2,1H3,(H,21,23)(H,22,24);1H. The Morgan fingerprint density at radius 3 is 2.36 bits per heavy atom. The van der Waals surface area contributed by atoms with Gasteiger partial charge >= 0.3 is 0 Å². The number of carbonyl (C=O) groups excluding carboxylic acids is 2. The summed E-state index contributed by atoms with van der Waals surface area (Å²) in [4.78, 5) is 23.7. The lowest BCUT2D eigenvalue weighted by atomic mass is 10.1. The molecule has 1 atom stereocenters. The van der Waals surface area contributed by atoms with Crippen molar-refractivity contribution in [2.24, 2.45) is 11.7 Å². The average Bonchev–Trinajstić information content (AvgIpc) is 3.40. The molecule has 1 saturated carbocycles. The molecule has 1 aromatic rings. The van der Waals surface area contributed by atoms with Crippen molar-refractivity contribution >= 4 is 29.9 Å². The molecule has 5 nitrogen and oxygen atoms in total. The largest absolute Gasteiger partial charge is 0.350 e. The molecule has 1 aliphatic rings. The van der Waals surface area contributed by atoms with Crippen LogP contribution in [0.5, 0.6) is 0 Å². The van der Waals surface area contributed by atoms with Crippen molar-refractivity contribution in [2.45, 2.75) is 57.9 Å². The van der Waals surface area contributed by atoms with Crippen molar-refractivity contribution in [3.8, 4) is 0 Å². The van der Waals surface area contributed by atoms with Crippen molar-refractivity contribution in [1.29, 1.82) is 0 Å². The Morgan fingerprint density at radius 1 is 1.12 bits per heavy atom. The van der Waals surface area contributed by atoms with E-state index >= 15 is 0 Å². The van der Waals surface area contributed by atoms with Crippen LogP contribution in [0.25, 0.3) is 0 Å². The third-order valence-corrected chi connectivity index (χ3v) is 4.36. The van der Waals surface area contributed by atoms with Crippen LogP contribution >= 0.6 is 12.4 Å². The van der Waals surface area contributed by atoms with Gasteiger partial charge in [-0.05, 0) is 56.8 Å². The number of hydrogen-bond donors (Lipinski definition) is 3. The third kappa shape index (κ3) is 7.88. The second-order valence-corrected chi connectivity index (χ2v) is 6.63. The lowest BCUT2D eigenvalue weighted by Gasteiger charge is -2.15. The summed E-state index contributed by atoms with van der Waals surface area (Å²) in [5.74, 6) is 0.396. The van der Waals surface area contributed by atoms with Gasteiger partial charge in [0.15, 0.2) is 0 Å². The van der Waals surface area contributed by atoms with Crippen LogP contribution in [0.4, 0.5) is 5.69 Å². The van der Waals surface area contributed by atoms with Gasteiger partial charge in [-0.1, -0.05) is 25.0 Å². The van der Waals surface area contributed by atoms with Gasteiger partial charge in [0.25, 0.3) is 0 Å². The van der Waals surface area contributed by atoms with E-state index in [1.54, 1.807) is 0 Å². The van der Waals surface area contributed by atoms with Gasteiger partial charge in [0.1, 0.15) is 0 Å². The van der Waals surface area contributed by atoms with Crippen LogP contribution in [0.2, 0.25) is 0 Å². The van der Waals surface area contributed by atoms with Crippen LogP contribution < -0.4 is 16.4 Å². The number of rotatable bonds is 10. The highest BCUT2D eigenvalue weighted by molar-refractivity contribution is 5.94. The molecule has 1 fully saturated rings. The van der Waals surface area contributed by atoms with E-state index in [-0.39, 0.29) is 36.2 Å². The van der Waals surface area contributed by atoms with Crippen molar-refractivity contribution < 1.29 is 9.59 Å². The minimum atomic E-state index is -0.0327. The van der Waals surface area contributed by atoms with Gasteiger partial charge in [-0.25, -0.2) is 0 Å². The maximum atomic E-state index is 12.0. The molecule has 1 aromatic carbocycles. The Bertz CT molecular complexity index is 544. The summed E-state index contributed by atoms with van der Waals surface area (Å²) in [6, 6.07) is 7.66. The van der Waals surface area contributed by atoms with Gasteiger partial charge in [0.2, 0.25) is 11.8 Å². The van der Waals surface area contributed by atoms with Gasteiger partial charge in [-0.15, -0.1) is 12.4 Å². The summed E-state index contributed by atoms with van der Waals surface area (Å²) in [7, 11) is 0. The van der Waals surface area contributed by atoms with Gasteiger partial charge in [-0.3, -0.25) is 9.59 Å². The van der Waals surface area contributed by atoms with Gasteiger partial charge < -0.3 is 16.4 Å². The smallest absolute Gasteiger partial charge is 0.227 e. The lowest BCUT2D eigenvalue weighted by molar-refractivity contribution is -0.122. The van der Waals surface area contributed by atoms with E-state index in [0.29, 0.717) is 6.42 Å². The maximum Gasteiger partial charge on any atom is 0.227 e. The quantitative estimate of drug-likeness (QED) is 0.553. The van der Waals surface area contributed by atoms with E-state index in [4.69, 9.17) is 5.73 Å². The van der Waals surface area contributed by atoms with Gasteiger partial charge in [0.05, 0.1) is 6.04 Å². The van der Waals surface area contributed by atoms with E-state index < -0.39 is 0 Å². The zero-order valence-corrected chi connectivity index (χ0v) is 15.7. The predicted molar refractivity (Wildman–Crippen MR) is 104 cm³/mol. The summed E-state index contributed by atoms with van der Waals surface area (Å²) in [6.07, 6.45) is 6.64. The van der Waals surface area contributed by atoms with Crippen LogP contribution in [-0.4, -0.2) is 18.4 Å². The normalized spacial score (nSPS) is 14.3. The van der Waals surface area contributed by atoms with E-state index in [0.717, 1.165) is 56.3 Å². The zero-order valence-electron chi connectivity index (χ0n) is 14.9. The number of unbranched alkanes of at least 4 members (excludes halogenated alkanes) is 3. The molecule has 0 spiro atoms. The molecule has 0 saturated heterocycles. The predicted octanol–water partition coefficient (Wildman–Crippen LogP) is 3.54. The molecule has 0 heterocycles. The minimum Gasteiger partial charge on any atom is -0.350 e. The molecule has 1 aliphatic carbocycles. The maximum absolute atomic E-state index is 12.0. The van der Waals surface area contributed by atoms with Crippen LogP contribution in [0, 0.1) is 5.92 Å². The van der Waals surface area contributed by atoms with E-state index in [1.807, 2.05) is 31.2 Å². The Kier molecular flexibility index (Phi) is 9.53. The Morgan fingerprint density at radius 2 is 1.76 bits per heavy atom. The molecule has 2 amide bonds. The molecule has 25 heavy (non-hydrogen) atoms. The summed E-state index contributed by atoms with van der Waals surface area (Å²) in [6.45, 7) is 2.70. The number of hydrogen-bond acceptors (Lipinski definition) is 3. The number of halogens is 1. The zero-order chi connectivity index (χ0) is 17.4. The monoisotopic (exact) mass is 367 g/mol. The van der Waals surface area contributed by atoms with E-state index in [1.165, 1.54) is 0 Å². The molecular weight excluding hydrogens is 338 g/mol. The molecule has 140 valence electrons. The molecule has 6 heteroatoms. The highest BCUT2D eigenvalue weighted by Crippen LogP contribution is 2.30. The topological polar surface area (TPSA) is 84.2 Å². The highest BCUT2D eigenvalue weighted by atomic mass is 35.5. The first kappa shape index (κ1) is 21.5. The molecule has 2 rings (SSSR count). The van der Waals surface area contributed by atoms with Crippen molar-refractivity contribution in [3.63, 3.8) is 0 Å². The first-order valence-electron chi connectivity index (χ1n) is 9.00. The number of amides is 2. The van der Waals surface area contributed by atoms with Crippen LogP contribution in [0.15, 0.2) is 24.3 Å². The van der Waals surface area contributed by atoms with Crippen LogP contribution in [-0.2, 0) is 9.59 Å². The summed E-state index contributed by atoms with van der Waals surface area (Å²) < 4.78 is 0. The number of anilines is 1. The average molecular weight is 368 g/mol. The SMILES string of the molecule is CC(NC(=O)CCCCCCN)c1ccc(NC(=O)C2CC2)cc1.Cl. The number of nitrogens with two attached hydrogens (primary N) is 1. The van der Waals surface area contributed by atoms with Crippen molar-refractivity contribution in [1.82, 2.24) is 5.32 Å². The van der Waals surface area contributed by atoms with Gasteiger partial charge in [-0.2, -0.15) is 0 Å². The highest BCUT2D eigenvalue weighted by Gasteiger charge is 2.29. The Hall–Kier alpha value is -1.59. The fourth-order valence-corrected chi connectivity index (χ4v) is 2.63. The Balaban J connectivity index is 0.00000312. The van der Waals surface area contributed by atoms with E-state index in [2.05, 4.69) is 10.6 Å². The Labute approximate surface area is 156 Å². The van der Waals surface area contributed by atoms with Crippen LogP contribution in [0.3, 0.4) is 0 Å². The molecular formula is C19H30ClN3O2. The molecule has 0 aliphatic heterocycles. The van der Waals surface area contributed by atoms with E-state index in [9.17, 15) is 9.59 Å². The third-order valence-electron chi connectivity index (χ3n) is 4.36. The fraction of sp³-hybridized carbons (Fsp3) is 0.579. The number of benzene rings is 1. The fourth-order valence-electron chi connectivity index (χ4n) is 2.63. The molecule has 1 unspecified atom stereocenters. The van der Waals surface area contributed by atoms with Gasteiger partial charge in [0, 0.05) is 18.0 Å². The molecule has 0 aromatic heterocycles. The summed E-state index contributed by atoms with van der Waals surface area (Å²) in [5, 5.41) is 5.94. The molecule has 4 N–H and O–H groups in total. The number of nitrogens with one attached hydrogen (secondary N) is 2. The minimum absolute atomic E-state index is 0. The van der Waals surface area contributed by atoms with Crippen molar-refractivity contribution in [2.75, 3.05) is 11.9 Å². The first-order chi connectivity index (χ1) is 11.6. The second-order valence-electron chi connectivity index (χ2n) is 6.63. The van der Waals surface area contributed by atoms with Crippen molar-refractivity contribution in [3.05, 3.63) is 29.8 Å². The second kappa shape index (κ2) is 11.1. The first-order valence-corrected chi connectivity index (χ1v) is 9.00. The van der Waals surface area contributed by atoms with Crippen LogP contribution in [0.1, 0.15) is 63.5 Å². The molecule has 0 bridgehead atoms. The summed E-state index contributed by atoms with van der Waals surface area (Å²) in [5.41, 5.74) is 7.31. The lowest BCUT2D eigenvalue weighted by Crippen LogP contribution is -2.26. The number of carbonyl (C=O) groups is 2. The molecule has 0 radical (unpaired) electrons. The summed E-state index contributed by atoms with van der Waals surface area (Å²) >= 11 is 0.